The number of halogens is 1. The third-order valence-corrected chi connectivity index (χ3v) is 4.76. The number of benzene rings is 1. The smallest absolute Gasteiger partial charge is 0.302 e. The second-order valence-electron chi connectivity index (χ2n) is 7.60. The third-order valence-electron chi connectivity index (χ3n) is 4.76. The second-order valence-corrected chi connectivity index (χ2v) is 7.60. The minimum atomic E-state index is -0.601. The lowest BCUT2D eigenvalue weighted by molar-refractivity contribution is -0.145. The van der Waals surface area contributed by atoms with Gasteiger partial charge < -0.3 is 14.6 Å². The highest BCUT2D eigenvalue weighted by Gasteiger charge is 2.15. The van der Waals surface area contributed by atoms with Crippen molar-refractivity contribution in [2.75, 3.05) is 6.61 Å². The van der Waals surface area contributed by atoms with Gasteiger partial charge in [-0.3, -0.25) is 9.59 Å². The predicted molar refractivity (Wildman–Crippen MR) is 112 cm³/mol. The number of esters is 1. The maximum Gasteiger partial charge on any atom is 0.302 e. The number of aromatic nitrogens is 2. The van der Waals surface area contributed by atoms with Crippen LogP contribution in [-0.2, 0) is 16.1 Å². The average molecular weight is 422 g/mol. The highest BCUT2D eigenvalue weighted by Crippen LogP contribution is 2.23. The monoisotopic (exact) mass is 422 g/mol. The van der Waals surface area contributed by atoms with Gasteiger partial charge in [0, 0.05) is 13.5 Å². The van der Waals surface area contributed by atoms with E-state index in [2.05, 4.69) is 5.10 Å². The number of nitrogens with zero attached hydrogens (tertiary/aromatic N) is 2. The van der Waals surface area contributed by atoms with Crippen LogP contribution in [0, 0.1) is 5.82 Å². The number of unbranched alkanes of at least 4 members (excludes halogenated alkanes) is 2. The van der Waals surface area contributed by atoms with E-state index in [-0.39, 0.29) is 29.4 Å². The van der Waals surface area contributed by atoms with Crippen molar-refractivity contribution in [3.63, 3.8) is 0 Å². The van der Waals surface area contributed by atoms with Crippen LogP contribution in [0.3, 0.4) is 0 Å². The van der Waals surface area contributed by atoms with Crippen LogP contribution in [0.25, 0.3) is 10.8 Å². The van der Waals surface area contributed by atoms with Crippen LogP contribution >= 0.6 is 0 Å². The number of ether oxygens (including phenoxy) is 2. The van der Waals surface area contributed by atoms with Gasteiger partial charge in [0.05, 0.1) is 29.6 Å². The highest BCUT2D eigenvalue weighted by atomic mass is 19.1. The zero-order valence-corrected chi connectivity index (χ0v) is 17.9. The van der Waals surface area contributed by atoms with E-state index < -0.39 is 11.4 Å². The summed E-state index contributed by atoms with van der Waals surface area (Å²) in [5, 5.41) is 14.0. The van der Waals surface area contributed by atoms with Crippen molar-refractivity contribution in [1.82, 2.24) is 9.78 Å². The molecule has 0 bridgehead atoms. The standard InChI is InChI=1S/C22H31FN2O5/c1-15(26)9-5-7-14-29-21-18-11-8-12-19(23)20(18)22(28)25(24-21)13-6-4-10-16(2)30-17(3)27/h8,11-12,15-16,26H,4-7,9-10,13-14H2,1-3H3/t15-,16-/m1/s1. The minimum absolute atomic E-state index is 0.0280. The van der Waals surface area contributed by atoms with Crippen molar-refractivity contribution < 1.29 is 23.8 Å². The Labute approximate surface area is 175 Å². The van der Waals surface area contributed by atoms with Crippen molar-refractivity contribution in [2.45, 2.75) is 78.0 Å². The molecule has 0 aliphatic rings. The third kappa shape index (κ3) is 7.09. The summed E-state index contributed by atoms with van der Waals surface area (Å²) in [4.78, 5) is 23.7. The molecular formula is C22H31FN2O5. The van der Waals surface area contributed by atoms with E-state index in [1.165, 1.54) is 23.7 Å². The summed E-state index contributed by atoms with van der Waals surface area (Å²) >= 11 is 0. The Balaban J connectivity index is 2.09. The molecule has 1 aromatic heterocycles. The fourth-order valence-corrected chi connectivity index (χ4v) is 3.26. The first-order valence-corrected chi connectivity index (χ1v) is 10.5. The molecule has 7 nitrogen and oxygen atoms in total. The van der Waals surface area contributed by atoms with E-state index in [4.69, 9.17) is 9.47 Å². The van der Waals surface area contributed by atoms with Crippen LogP contribution in [0.2, 0.25) is 0 Å². The Morgan fingerprint density at radius 2 is 1.93 bits per heavy atom. The van der Waals surface area contributed by atoms with Gasteiger partial charge in [-0.25, -0.2) is 9.07 Å². The van der Waals surface area contributed by atoms with Gasteiger partial charge in [-0.1, -0.05) is 6.07 Å². The molecule has 0 amide bonds. The van der Waals surface area contributed by atoms with Gasteiger partial charge in [0.25, 0.3) is 5.56 Å². The molecule has 30 heavy (non-hydrogen) atoms. The molecule has 2 atom stereocenters. The fourth-order valence-electron chi connectivity index (χ4n) is 3.26. The first-order valence-electron chi connectivity index (χ1n) is 10.5. The van der Waals surface area contributed by atoms with Crippen molar-refractivity contribution in [2.24, 2.45) is 0 Å². The summed E-state index contributed by atoms with van der Waals surface area (Å²) in [6.45, 7) is 5.61. The topological polar surface area (TPSA) is 90.7 Å². The first kappa shape index (κ1) is 23.8. The van der Waals surface area contributed by atoms with Crippen LogP contribution in [0.4, 0.5) is 4.39 Å². The molecule has 166 valence electrons. The molecule has 0 radical (unpaired) electrons. The molecule has 0 fully saturated rings. The Morgan fingerprint density at radius 3 is 2.63 bits per heavy atom. The van der Waals surface area contributed by atoms with Gasteiger partial charge in [-0.05, 0) is 64.5 Å². The van der Waals surface area contributed by atoms with Gasteiger partial charge in [-0.2, -0.15) is 0 Å². The van der Waals surface area contributed by atoms with E-state index in [0.717, 1.165) is 19.3 Å². The number of rotatable bonds is 12. The number of hydrogen-bond donors (Lipinski definition) is 1. The summed E-state index contributed by atoms with van der Waals surface area (Å²) < 4.78 is 26.5. The van der Waals surface area contributed by atoms with Gasteiger partial charge in [-0.15, -0.1) is 5.10 Å². The van der Waals surface area contributed by atoms with E-state index >= 15 is 0 Å². The van der Waals surface area contributed by atoms with Crippen molar-refractivity contribution in [3.8, 4) is 5.88 Å². The number of aryl methyl sites for hydroxylation is 1. The van der Waals surface area contributed by atoms with Crippen LogP contribution in [-0.4, -0.2) is 39.7 Å². The Bertz CT molecular complexity index is 897. The van der Waals surface area contributed by atoms with Crippen molar-refractivity contribution in [3.05, 3.63) is 34.4 Å². The molecule has 0 unspecified atom stereocenters. The van der Waals surface area contributed by atoms with Crippen LogP contribution in [0.5, 0.6) is 5.88 Å². The van der Waals surface area contributed by atoms with Crippen LogP contribution in [0.1, 0.15) is 59.3 Å². The minimum Gasteiger partial charge on any atom is -0.476 e. The molecule has 1 N–H and O–H groups in total. The van der Waals surface area contributed by atoms with E-state index in [1.807, 2.05) is 6.92 Å². The molecule has 8 heteroatoms. The molecule has 0 aliphatic heterocycles. The quantitative estimate of drug-likeness (QED) is 0.415. The molecule has 1 aromatic carbocycles. The molecule has 2 rings (SSSR count). The molecule has 0 saturated heterocycles. The molecular weight excluding hydrogens is 391 g/mol. The number of aliphatic hydroxyl groups excluding tert-OH is 1. The number of aliphatic hydroxyl groups is 1. The summed E-state index contributed by atoms with van der Waals surface area (Å²) in [6, 6.07) is 4.41. The zero-order chi connectivity index (χ0) is 22.1. The average Bonchev–Trinajstić information content (AvgIpc) is 2.66. The van der Waals surface area contributed by atoms with Gasteiger partial charge in [0.15, 0.2) is 0 Å². The molecule has 2 aromatic rings. The lowest BCUT2D eigenvalue weighted by Crippen LogP contribution is -2.25. The first-order chi connectivity index (χ1) is 14.3. The Kier molecular flexibility index (Phi) is 9.23. The van der Waals surface area contributed by atoms with Gasteiger partial charge in [0.2, 0.25) is 5.88 Å². The van der Waals surface area contributed by atoms with E-state index in [9.17, 15) is 19.1 Å². The number of carbonyl (C=O) groups excluding carboxylic acids is 1. The Hall–Kier alpha value is -2.48. The second kappa shape index (κ2) is 11.6. The maximum atomic E-state index is 14.4. The number of fused-ring (bicyclic) bond motifs is 1. The summed E-state index contributed by atoms with van der Waals surface area (Å²) in [5.74, 6) is -0.689. The molecule has 0 spiro atoms. The SMILES string of the molecule is CC(=O)O[C@H](C)CCCCn1nc(OCCCC[C@@H](C)O)c2cccc(F)c2c1=O. The van der Waals surface area contributed by atoms with Crippen LogP contribution in [0.15, 0.2) is 23.0 Å². The normalized spacial score (nSPS) is 13.2. The maximum absolute atomic E-state index is 14.4. The zero-order valence-electron chi connectivity index (χ0n) is 17.9. The predicted octanol–water partition coefficient (Wildman–Crippen LogP) is 3.59. The van der Waals surface area contributed by atoms with Gasteiger partial charge >= 0.3 is 5.97 Å². The Morgan fingerprint density at radius 1 is 1.20 bits per heavy atom. The number of hydrogen-bond acceptors (Lipinski definition) is 6. The lowest BCUT2D eigenvalue weighted by Gasteiger charge is -2.14. The lowest BCUT2D eigenvalue weighted by atomic mass is 10.1. The summed E-state index contributed by atoms with van der Waals surface area (Å²) in [5.41, 5.74) is -0.488. The summed E-state index contributed by atoms with van der Waals surface area (Å²) in [6.07, 6.45) is 3.67. The number of carbonyl (C=O) groups is 1. The van der Waals surface area contributed by atoms with Crippen molar-refractivity contribution >= 4 is 16.7 Å². The van der Waals surface area contributed by atoms with E-state index in [1.54, 1.807) is 13.0 Å². The fraction of sp³-hybridized carbons (Fsp3) is 0.591. The molecule has 1 heterocycles. The molecule has 0 aliphatic carbocycles. The highest BCUT2D eigenvalue weighted by molar-refractivity contribution is 5.86. The molecule has 0 saturated carbocycles. The van der Waals surface area contributed by atoms with E-state index in [0.29, 0.717) is 37.8 Å². The van der Waals surface area contributed by atoms with Crippen molar-refractivity contribution in [1.29, 1.82) is 0 Å². The van der Waals surface area contributed by atoms with Gasteiger partial charge in [0.1, 0.15) is 5.82 Å². The summed E-state index contributed by atoms with van der Waals surface area (Å²) in [7, 11) is 0. The van der Waals surface area contributed by atoms with Crippen LogP contribution < -0.4 is 10.3 Å². The largest absolute Gasteiger partial charge is 0.476 e.